The minimum absolute atomic E-state index is 0.506. The molecule has 0 aliphatic heterocycles. The molecule has 0 spiro atoms. The van der Waals surface area contributed by atoms with E-state index in [4.69, 9.17) is 5.73 Å². The summed E-state index contributed by atoms with van der Waals surface area (Å²) in [5, 5.41) is 0. The normalized spacial score (nSPS) is 10.4. The largest absolute Gasteiger partial charge is 0.341 e. The van der Waals surface area contributed by atoms with E-state index in [0.717, 1.165) is 23.5 Å². The van der Waals surface area contributed by atoms with Gasteiger partial charge in [0, 0.05) is 41.9 Å². The molecule has 0 unspecified atom stereocenters. The molecule has 0 atom stereocenters. The van der Waals surface area contributed by atoms with Crippen LogP contribution in [0.1, 0.15) is 18.2 Å². The number of anilines is 2. The molecule has 0 amide bonds. The number of hydrogen-bond acceptors (Lipinski definition) is 3. The molecule has 0 fully saturated rings. The summed E-state index contributed by atoms with van der Waals surface area (Å²) in [6.07, 6.45) is 1.87. The van der Waals surface area contributed by atoms with Crippen molar-refractivity contribution in [1.29, 1.82) is 0 Å². The molecule has 1 heterocycles. The van der Waals surface area contributed by atoms with E-state index in [2.05, 4.69) is 35.0 Å². The number of aryl methyl sites for hydroxylation is 1. The van der Waals surface area contributed by atoms with Crippen LogP contribution in [0.15, 0.2) is 42.6 Å². The highest BCUT2D eigenvalue weighted by molar-refractivity contribution is 5.66. The quantitative estimate of drug-likeness (QED) is 0.894. The van der Waals surface area contributed by atoms with Crippen molar-refractivity contribution in [3.63, 3.8) is 0 Å². The summed E-state index contributed by atoms with van der Waals surface area (Å²) in [5.41, 5.74) is 10.2. The van der Waals surface area contributed by atoms with Gasteiger partial charge >= 0.3 is 0 Å². The molecule has 1 aromatic carbocycles. The van der Waals surface area contributed by atoms with E-state index in [9.17, 15) is 0 Å². The van der Waals surface area contributed by atoms with E-state index in [-0.39, 0.29) is 0 Å². The lowest BCUT2D eigenvalue weighted by Gasteiger charge is -2.25. The topological polar surface area (TPSA) is 42.2 Å². The fourth-order valence-corrected chi connectivity index (χ4v) is 2.08. The van der Waals surface area contributed by atoms with Gasteiger partial charge in [0.05, 0.1) is 0 Å². The first-order valence-corrected chi connectivity index (χ1v) is 6.24. The maximum absolute atomic E-state index is 5.80. The Morgan fingerprint density at radius 1 is 1.22 bits per heavy atom. The first kappa shape index (κ1) is 12.6. The first-order chi connectivity index (χ1) is 8.76. The molecule has 18 heavy (non-hydrogen) atoms. The van der Waals surface area contributed by atoms with Crippen LogP contribution in [0.4, 0.5) is 11.4 Å². The van der Waals surface area contributed by atoms with Gasteiger partial charge in [-0.25, -0.2) is 0 Å². The lowest BCUT2D eigenvalue weighted by molar-refractivity contribution is 0.964. The van der Waals surface area contributed by atoms with E-state index in [1.165, 1.54) is 5.69 Å². The molecule has 0 bridgehead atoms. The highest BCUT2D eigenvalue weighted by Gasteiger charge is 2.11. The Morgan fingerprint density at radius 2 is 1.94 bits per heavy atom. The van der Waals surface area contributed by atoms with E-state index >= 15 is 0 Å². The Labute approximate surface area is 108 Å². The molecule has 3 nitrogen and oxygen atoms in total. The lowest BCUT2D eigenvalue weighted by atomic mass is 10.1. The number of aromatic nitrogens is 1. The second-order valence-corrected chi connectivity index (χ2v) is 4.24. The van der Waals surface area contributed by atoms with Gasteiger partial charge in [-0.3, -0.25) is 4.98 Å². The van der Waals surface area contributed by atoms with Crippen LogP contribution in [0.2, 0.25) is 0 Å². The second-order valence-electron chi connectivity index (χ2n) is 4.24. The smallest absolute Gasteiger partial charge is 0.0489 e. The third-order valence-electron chi connectivity index (χ3n) is 2.99. The van der Waals surface area contributed by atoms with Crippen LogP contribution < -0.4 is 10.6 Å². The maximum atomic E-state index is 5.80. The van der Waals surface area contributed by atoms with E-state index in [0.29, 0.717) is 6.54 Å². The molecule has 1 aromatic heterocycles. The molecular formula is C15H19N3. The molecule has 0 aliphatic rings. The van der Waals surface area contributed by atoms with E-state index in [1.54, 1.807) is 0 Å². The van der Waals surface area contributed by atoms with Crippen molar-refractivity contribution in [2.75, 3.05) is 11.4 Å². The third-order valence-corrected chi connectivity index (χ3v) is 2.99. The summed E-state index contributed by atoms with van der Waals surface area (Å²) < 4.78 is 0. The zero-order valence-electron chi connectivity index (χ0n) is 10.9. The first-order valence-electron chi connectivity index (χ1n) is 6.24. The van der Waals surface area contributed by atoms with Gasteiger partial charge in [-0.15, -0.1) is 0 Å². The molecule has 0 radical (unpaired) electrons. The summed E-state index contributed by atoms with van der Waals surface area (Å²) in [5.74, 6) is 0. The van der Waals surface area contributed by atoms with Crippen molar-refractivity contribution in [1.82, 2.24) is 4.98 Å². The number of nitrogens with zero attached hydrogens (tertiary/aromatic N) is 2. The Hall–Kier alpha value is -1.87. The standard InChI is InChI=1S/C15H19N3/c1-3-18(14-7-5-4-6-8-14)15-9-12(2)17-11-13(15)10-16/h4-9,11H,3,10,16H2,1-2H3. The SMILES string of the molecule is CCN(c1ccccc1)c1cc(C)ncc1CN. The van der Waals surface area contributed by atoms with Crippen molar-refractivity contribution >= 4 is 11.4 Å². The van der Waals surface area contributed by atoms with Gasteiger partial charge in [0.1, 0.15) is 0 Å². The van der Waals surface area contributed by atoms with Crippen LogP contribution in [0.3, 0.4) is 0 Å². The minimum Gasteiger partial charge on any atom is -0.341 e. The van der Waals surface area contributed by atoms with Gasteiger partial charge in [0.2, 0.25) is 0 Å². The van der Waals surface area contributed by atoms with Crippen LogP contribution in [0, 0.1) is 6.92 Å². The Morgan fingerprint density at radius 3 is 2.56 bits per heavy atom. The van der Waals surface area contributed by atoms with Crippen molar-refractivity contribution in [3.05, 3.63) is 53.9 Å². The van der Waals surface area contributed by atoms with Crippen LogP contribution in [-0.2, 0) is 6.54 Å². The van der Waals surface area contributed by atoms with Gasteiger partial charge < -0.3 is 10.6 Å². The molecule has 0 aliphatic carbocycles. The zero-order valence-corrected chi connectivity index (χ0v) is 10.9. The summed E-state index contributed by atoms with van der Waals surface area (Å²) in [4.78, 5) is 6.58. The van der Waals surface area contributed by atoms with E-state index < -0.39 is 0 Å². The number of nitrogens with two attached hydrogens (primary N) is 1. The average Bonchev–Trinajstić information content (AvgIpc) is 2.41. The van der Waals surface area contributed by atoms with Gasteiger partial charge in [-0.2, -0.15) is 0 Å². The number of para-hydroxylation sites is 1. The Bertz CT molecular complexity index is 508. The van der Waals surface area contributed by atoms with Crippen molar-refractivity contribution < 1.29 is 0 Å². The number of rotatable bonds is 4. The molecule has 3 heteroatoms. The molecule has 2 aromatic rings. The zero-order chi connectivity index (χ0) is 13.0. The number of benzene rings is 1. The molecule has 2 rings (SSSR count). The molecular weight excluding hydrogens is 222 g/mol. The summed E-state index contributed by atoms with van der Waals surface area (Å²) in [6, 6.07) is 12.4. The highest BCUT2D eigenvalue weighted by Crippen LogP contribution is 2.28. The minimum atomic E-state index is 0.506. The van der Waals surface area contributed by atoms with Gasteiger partial charge in [-0.1, -0.05) is 18.2 Å². The predicted octanol–water partition coefficient (Wildman–Crippen LogP) is 3.01. The highest BCUT2D eigenvalue weighted by atomic mass is 15.1. The summed E-state index contributed by atoms with van der Waals surface area (Å²) >= 11 is 0. The number of pyridine rings is 1. The molecule has 0 saturated carbocycles. The Kier molecular flexibility index (Phi) is 3.95. The second kappa shape index (κ2) is 5.65. The molecule has 0 saturated heterocycles. The summed E-state index contributed by atoms with van der Waals surface area (Å²) in [6.45, 7) is 5.55. The van der Waals surface area contributed by atoms with Crippen molar-refractivity contribution in [3.8, 4) is 0 Å². The van der Waals surface area contributed by atoms with Crippen LogP contribution in [-0.4, -0.2) is 11.5 Å². The molecule has 94 valence electrons. The van der Waals surface area contributed by atoms with Crippen LogP contribution >= 0.6 is 0 Å². The van der Waals surface area contributed by atoms with Crippen molar-refractivity contribution in [2.24, 2.45) is 5.73 Å². The maximum Gasteiger partial charge on any atom is 0.0489 e. The number of hydrogen-bond donors (Lipinski definition) is 1. The van der Waals surface area contributed by atoms with Gasteiger partial charge in [-0.05, 0) is 32.0 Å². The van der Waals surface area contributed by atoms with Crippen LogP contribution in [0.5, 0.6) is 0 Å². The third kappa shape index (κ3) is 2.51. The van der Waals surface area contributed by atoms with E-state index in [1.807, 2.05) is 31.3 Å². The molecule has 2 N–H and O–H groups in total. The van der Waals surface area contributed by atoms with Gasteiger partial charge in [0.15, 0.2) is 0 Å². The predicted molar refractivity (Wildman–Crippen MR) is 76.0 cm³/mol. The summed E-state index contributed by atoms with van der Waals surface area (Å²) in [7, 11) is 0. The Balaban J connectivity index is 2.48. The fourth-order valence-electron chi connectivity index (χ4n) is 2.08. The van der Waals surface area contributed by atoms with Gasteiger partial charge in [0.25, 0.3) is 0 Å². The van der Waals surface area contributed by atoms with Crippen molar-refractivity contribution in [2.45, 2.75) is 20.4 Å². The van der Waals surface area contributed by atoms with Crippen LogP contribution in [0.25, 0.3) is 0 Å². The lowest BCUT2D eigenvalue weighted by Crippen LogP contribution is -2.19. The average molecular weight is 241 g/mol. The fraction of sp³-hybridized carbons (Fsp3) is 0.267. The monoisotopic (exact) mass is 241 g/mol.